The van der Waals surface area contributed by atoms with Crippen LogP contribution < -0.4 is 16.0 Å². The van der Waals surface area contributed by atoms with Gasteiger partial charge in [-0.25, -0.2) is 15.0 Å². The minimum atomic E-state index is -0.769. The van der Waals surface area contributed by atoms with Crippen LogP contribution >= 0.6 is 0 Å². The van der Waals surface area contributed by atoms with Crippen LogP contribution in [-0.4, -0.2) is 54.9 Å². The molecule has 0 saturated carbocycles. The van der Waals surface area contributed by atoms with E-state index in [1.807, 2.05) is 22.7 Å². The highest BCUT2D eigenvalue weighted by molar-refractivity contribution is 5.60. The van der Waals surface area contributed by atoms with Crippen molar-refractivity contribution in [3.05, 3.63) is 66.2 Å². The molecule has 4 aromatic rings. The summed E-state index contributed by atoms with van der Waals surface area (Å²) in [7, 11) is 0. The van der Waals surface area contributed by atoms with Crippen LogP contribution in [0.4, 0.5) is 11.6 Å². The summed E-state index contributed by atoms with van der Waals surface area (Å²) in [6.07, 6.45) is 5.05. The van der Waals surface area contributed by atoms with Crippen molar-refractivity contribution in [3.63, 3.8) is 0 Å². The smallest absolute Gasteiger partial charge is 0.160 e. The van der Waals surface area contributed by atoms with Gasteiger partial charge in [-0.15, -0.1) is 0 Å². The van der Waals surface area contributed by atoms with Gasteiger partial charge < -0.3 is 21.1 Å². The predicted octanol–water partition coefficient (Wildman–Crippen LogP) is 3.45. The summed E-state index contributed by atoms with van der Waals surface area (Å²) in [5.74, 6) is 1.86. The molecule has 4 heterocycles. The molecule has 1 aliphatic rings. The lowest BCUT2D eigenvalue weighted by Crippen LogP contribution is -2.50. The molecule has 5 rings (SSSR count). The number of hydrogen-bond donors (Lipinski definition) is 4. The van der Waals surface area contributed by atoms with Crippen molar-refractivity contribution in [2.24, 2.45) is 0 Å². The molecule has 0 bridgehead atoms. The monoisotopic (exact) mass is 472 g/mol. The summed E-state index contributed by atoms with van der Waals surface area (Å²) in [5, 5.41) is 25.8. The van der Waals surface area contributed by atoms with Gasteiger partial charge in [0.25, 0.3) is 0 Å². The van der Waals surface area contributed by atoms with Crippen LogP contribution in [0, 0.1) is 0 Å². The molecule has 0 radical (unpaired) electrons. The Bertz CT molecular complexity index is 1260. The van der Waals surface area contributed by atoms with Gasteiger partial charge in [0.15, 0.2) is 5.65 Å². The van der Waals surface area contributed by atoms with E-state index in [0.29, 0.717) is 31.4 Å². The maximum atomic E-state index is 10.9. The van der Waals surface area contributed by atoms with Crippen molar-refractivity contribution in [2.45, 2.75) is 44.8 Å². The van der Waals surface area contributed by atoms with E-state index in [0.717, 1.165) is 53.4 Å². The van der Waals surface area contributed by atoms with Gasteiger partial charge in [0.05, 0.1) is 17.0 Å². The average Bonchev–Trinajstić information content (AvgIpc) is 3.32. The summed E-state index contributed by atoms with van der Waals surface area (Å²) in [6, 6.07) is 14.2. The molecule has 1 atom stereocenters. The molecule has 4 N–H and O–H groups in total. The van der Waals surface area contributed by atoms with Crippen molar-refractivity contribution < 1.29 is 5.11 Å². The zero-order valence-corrected chi connectivity index (χ0v) is 20.2. The Hall–Kier alpha value is -3.56. The second kappa shape index (κ2) is 9.97. The zero-order chi connectivity index (χ0) is 24.3. The van der Waals surface area contributed by atoms with Crippen molar-refractivity contribution in [1.29, 1.82) is 0 Å². The average molecular weight is 473 g/mol. The number of aliphatic hydroxyl groups is 1. The SMILES string of the molecule is CC(C)c1cc2nc(NCC3(O)CCCNC3)cc(NCc3ccc(-c4ccncn4)cc3)n2n1. The zero-order valence-electron chi connectivity index (χ0n) is 20.2. The minimum absolute atomic E-state index is 0.296. The molecule has 9 nitrogen and oxygen atoms in total. The van der Waals surface area contributed by atoms with E-state index in [1.165, 1.54) is 0 Å². The van der Waals surface area contributed by atoms with Crippen LogP contribution in [0.2, 0.25) is 0 Å². The number of piperidine rings is 1. The number of rotatable bonds is 8. The van der Waals surface area contributed by atoms with E-state index in [1.54, 1.807) is 12.5 Å². The van der Waals surface area contributed by atoms with Crippen molar-refractivity contribution in [3.8, 4) is 11.3 Å². The lowest BCUT2D eigenvalue weighted by atomic mass is 9.94. The van der Waals surface area contributed by atoms with Crippen LogP contribution in [0.15, 0.2) is 55.0 Å². The lowest BCUT2D eigenvalue weighted by Gasteiger charge is -2.32. The highest BCUT2D eigenvalue weighted by atomic mass is 16.3. The maximum absolute atomic E-state index is 10.9. The number of anilines is 2. The van der Waals surface area contributed by atoms with E-state index < -0.39 is 5.60 Å². The van der Waals surface area contributed by atoms with E-state index in [4.69, 9.17) is 10.1 Å². The van der Waals surface area contributed by atoms with Crippen molar-refractivity contribution >= 4 is 17.3 Å². The van der Waals surface area contributed by atoms with Crippen LogP contribution in [0.5, 0.6) is 0 Å². The molecule has 1 unspecified atom stereocenters. The van der Waals surface area contributed by atoms with Crippen LogP contribution in [-0.2, 0) is 6.54 Å². The second-order valence-electron chi connectivity index (χ2n) is 9.52. The fourth-order valence-corrected chi connectivity index (χ4v) is 4.30. The molecule has 1 aromatic carbocycles. The minimum Gasteiger partial charge on any atom is -0.387 e. The van der Waals surface area contributed by atoms with Crippen LogP contribution in [0.25, 0.3) is 16.9 Å². The molecule has 0 aliphatic carbocycles. The summed E-state index contributed by atoms with van der Waals surface area (Å²) in [4.78, 5) is 13.1. The van der Waals surface area contributed by atoms with Crippen molar-refractivity contribution in [1.82, 2.24) is 29.9 Å². The predicted molar refractivity (Wildman–Crippen MR) is 137 cm³/mol. The Morgan fingerprint density at radius 1 is 1.14 bits per heavy atom. The topological polar surface area (TPSA) is 112 Å². The normalized spacial score (nSPS) is 18.2. The molecule has 1 aliphatic heterocycles. The quantitative estimate of drug-likeness (QED) is 0.309. The van der Waals surface area contributed by atoms with Gasteiger partial charge in [-0.05, 0) is 36.9 Å². The number of nitrogens with zero attached hydrogens (tertiary/aromatic N) is 5. The van der Waals surface area contributed by atoms with Gasteiger partial charge in [-0.1, -0.05) is 38.1 Å². The Balaban J connectivity index is 1.35. The number of nitrogens with one attached hydrogen (secondary N) is 3. The first-order valence-electron chi connectivity index (χ1n) is 12.2. The third-order valence-electron chi connectivity index (χ3n) is 6.39. The standard InChI is InChI=1S/C26H32N8O/c1-18(2)22-12-25-32-23(30-16-26(35)9-3-10-27-15-26)13-24(34(25)33-22)29-14-19-4-6-20(7-5-19)21-8-11-28-17-31-21/h4-8,11-13,17-18,27,29,35H,3,9-10,14-16H2,1-2H3,(H,30,32). The van der Waals surface area contributed by atoms with E-state index in [-0.39, 0.29) is 0 Å². The largest absolute Gasteiger partial charge is 0.387 e. The first-order valence-corrected chi connectivity index (χ1v) is 12.2. The molecule has 0 spiro atoms. The number of aromatic nitrogens is 5. The van der Waals surface area contributed by atoms with Gasteiger partial charge in [0.1, 0.15) is 18.0 Å². The van der Waals surface area contributed by atoms with Crippen LogP contribution in [0.1, 0.15) is 43.9 Å². The molecule has 9 heteroatoms. The third-order valence-corrected chi connectivity index (χ3v) is 6.39. The highest BCUT2D eigenvalue weighted by Gasteiger charge is 2.29. The highest BCUT2D eigenvalue weighted by Crippen LogP contribution is 2.23. The number of benzene rings is 1. The molecule has 3 aromatic heterocycles. The van der Waals surface area contributed by atoms with E-state index in [9.17, 15) is 5.11 Å². The molecule has 0 amide bonds. The fourth-order valence-electron chi connectivity index (χ4n) is 4.30. The summed E-state index contributed by atoms with van der Waals surface area (Å²) < 4.78 is 1.85. The number of hydrogen-bond acceptors (Lipinski definition) is 8. The summed E-state index contributed by atoms with van der Waals surface area (Å²) >= 11 is 0. The Morgan fingerprint density at radius 3 is 2.71 bits per heavy atom. The number of fused-ring (bicyclic) bond motifs is 1. The van der Waals surface area contributed by atoms with Gasteiger partial charge in [0, 0.05) is 43.5 Å². The molecular weight excluding hydrogens is 440 g/mol. The van der Waals surface area contributed by atoms with Crippen LogP contribution in [0.3, 0.4) is 0 Å². The molecule has 182 valence electrons. The Kier molecular flexibility index (Phi) is 6.61. The molecule has 1 fully saturated rings. The lowest BCUT2D eigenvalue weighted by molar-refractivity contribution is 0.0291. The van der Waals surface area contributed by atoms with Crippen molar-refractivity contribution in [2.75, 3.05) is 30.3 Å². The Morgan fingerprint density at radius 2 is 2.00 bits per heavy atom. The van der Waals surface area contributed by atoms with Gasteiger partial charge in [-0.2, -0.15) is 9.61 Å². The molecule has 35 heavy (non-hydrogen) atoms. The van der Waals surface area contributed by atoms with E-state index in [2.05, 4.69) is 64.0 Å². The van der Waals surface area contributed by atoms with Gasteiger partial charge in [-0.3, -0.25) is 0 Å². The summed E-state index contributed by atoms with van der Waals surface area (Å²) in [5.41, 5.74) is 4.09. The third kappa shape index (κ3) is 5.41. The fraction of sp³-hybridized carbons (Fsp3) is 0.385. The maximum Gasteiger partial charge on any atom is 0.160 e. The molecular formula is C26H32N8O. The second-order valence-corrected chi connectivity index (χ2v) is 9.52. The first kappa shape index (κ1) is 23.2. The van der Waals surface area contributed by atoms with Gasteiger partial charge >= 0.3 is 0 Å². The summed E-state index contributed by atoms with van der Waals surface area (Å²) in [6.45, 7) is 6.86. The Labute approximate surface area is 205 Å². The number of β-amino-alcohol motifs (C(OH)–C–C–N with tert-alkyl or cyclic N) is 1. The van der Waals surface area contributed by atoms with Gasteiger partial charge in [0.2, 0.25) is 0 Å². The molecule has 1 saturated heterocycles. The van der Waals surface area contributed by atoms with E-state index >= 15 is 0 Å². The first-order chi connectivity index (χ1) is 17.0.